The predicted molar refractivity (Wildman–Crippen MR) is 184 cm³/mol. The molecule has 1 aliphatic carbocycles. The van der Waals surface area contributed by atoms with Crippen molar-refractivity contribution in [2.45, 2.75) is 76.4 Å². The zero-order valence-corrected chi connectivity index (χ0v) is 28.0. The molecule has 1 fully saturated rings. The molecule has 4 aromatic rings. The van der Waals surface area contributed by atoms with E-state index in [0.717, 1.165) is 27.8 Å². The molecular weight excluding hydrogens is 606 g/mol. The highest BCUT2D eigenvalue weighted by Crippen LogP contribution is 2.32. The summed E-state index contributed by atoms with van der Waals surface area (Å²) in [5.74, 6) is -0.248. The van der Waals surface area contributed by atoms with E-state index in [4.69, 9.17) is 4.42 Å². The van der Waals surface area contributed by atoms with Crippen LogP contribution in [0.25, 0.3) is 11.1 Å². The molecule has 3 aromatic carbocycles. The first kappa shape index (κ1) is 33.8. The van der Waals surface area contributed by atoms with Crippen LogP contribution >= 0.6 is 0 Å². The van der Waals surface area contributed by atoms with Crippen molar-refractivity contribution in [3.63, 3.8) is 0 Å². The third-order valence-electron chi connectivity index (χ3n) is 9.27. The molecule has 0 bridgehead atoms. The lowest BCUT2D eigenvalue weighted by atomic mass is 9.91. The number of aromatic nitrogens is 1. The smallest absolute Gasteiger partial charge is 0.239 e. The van der Waals surface area contributed by atoms with Crippen molar-refractivity contribution in [3.8, 4) is 0 Å². The van der Waals surface area contributed by atoms with Gasteiger partial charge in [0.1, 0.15) is 11.6 Å². The monoisotopic (exact) mass is 653 g/mol. The number of fused-ring (bicyclic) bond motifs is 2. The fourth-order valence-electron chi connectivity index (χ4n) is 6.99. The van der Waals surface area contributed by atoms with E-state index in [1.165, 1.54) is 0 Å². The largest absolute Gasteiger partial charge is 0.439 e. The highest BCUT2D eigenvalue weighted by atomic mass is 16.3. The molecule has 1 unspecified atom stereocenters. The van der Waals surface area contributed by atoms with Gasteiger partial charge in [0.15, 0.2) is 5.58 Å². The number of β-amino-alcohol motifs (C(OH)–C–C–N with tert-alkyl or cyclic N) is 1. The Labute approximate surface area is 282 Å². The van der Waals surface area contributed by atoms with Gasteiger partial charge in [0, 0.05) is 44.1 Å². The maximum Gasteiger partial charge on any atom is 0.239 e. The topological polar surface area (TPSA) is 131 Å². The van der Waals surface area contributed by atoms with Gasteiger partial charge in [-0.1, -0.05) is 66.7 Å². The van der Waals surface area contributed by atoms with Crippen molar-refractivity contribution in [2.75, 3.05) is 26.2 Å². The molecule has 2 aliphatic rings. The SMILES string of the molecule is CC(C)(C)NC(=O)[C@@H]1CN(Cc2nc3ccccc3o2)CCN1C[C@@H](O)C[C@@H](Cc1ccccc1)C(=O)NC1c2ccccc2C[C@H]1O. The number of aliphatic hydroxyl groups is 2. The van der Waals surface area contributed by atoms with Gasteiger partial charge in [0.05, 0.1) is 24.8 Å². The lowest BCUT2D eigenvalue weighted by Gasteiger charge is -2.42. The Hall–Kier alpha value is -4.09. The van der Waals surface area contributed by atoms with Gasteiger partial charge in [0.25, 0.3) is 0 Å². The lowest BCUT2D eigenvalue weighted by molar-refractivity contribution is -0.132. The van der Waals surface area contributed by atoms with E-state index in [2.05, 4.69) is 20.5 Å². The molecule has 0 radical (unpaired) electrons. The standard InChI is InChI=1S/C38H47N5O5/c1-38(2,3)41-37(47)31-23-42(24-34-39-30-15-9-10-16-33(30)48-34)17-18-43(31)22-28(44)20-27(19-25-11-5-4-6-12-25)36(46)40-35-29-14-8-7-13-26(29)21-32(35)45/h4-16,27-28,31-32,35,44-45H,17-24H2,1-3H3,(H,40,46)(H,41,47)/t27-,28+,31+,32-,35?/m1/s1. The second-order valence-corrected chi connectivity index (χ2v) is 14.3. The number of carbonyl (C=O) groups is 2. The summed E-state index contributed by atoms with van der Waals surface area (Å²) < 4.78 is 5.97. The van der Waals surface area contributed by atoms with Gasteiger partial charge in [-0.25, -0.2) is 4.98 Å². The second kappa shape index (κ2) is 14.6. The van der Waals surface area contributed by atoms with Gasteiger partial charge in [-0.05, 0) is 62.4 Å². The summed E-state index contributed by atoms with van der Waals surface area (Å²) in [5, 5.41) is 28.6. The number of amides is 2. The first-order chi connectivity index (χ1) is 23.0. The van der Waals surface area contributed by atoms with E-state index < -0.39 is 35.7 Å². The number of para-hydroxylation sites is 2. The Balaban J connectivity index is 1.15. The minimum Gasteiger partial charge on any atom is -0.439 e. The third kappa shape index (κ3) is 8.30. The molecular formula is C38H47N5O5. The van der Waals surface area contributed by atoms with E-state index in [1.54, 1.807) is 0 Å². The summed E-state index contributed by atoms with van der Waals surface area (Å²) in [6.07, 6.45) is -0.424. The summed E-state index contributed by atoms with van der Waals surface area (Å²) in [6.45, 7) is 8.24. The van der Waals surface area contributed by atoms with Crippen molar-refractivity contribution in [1.82, 2.24) is 25.4 Å². The Bertz CT molecular complexity index is 1670. The third-order valence-corrected chi connectivity index (χ3v) is 9.27. The Morgan fingerprint density at radius 2 is 1.73 bits per heavy atom. The summed E-state index contributed by atoms with van der Waals surface area (Å²) in [5.41, 5.74) is 4.07. The number of carbonyl (C=O) groups excluding carboxylic acids is 2. The molecule has 4 N–H and O–H groups in total. The average Bonchev–Trinajstić information content (AvgIpc) is 3.60. The first-order valence-electron chi connectivity index (χ1n) is 16.9. The Morgan fingerprint density at radius 3 is 2.50 bits per heavy atom. The maximum atomic E-state index is 13.9. The van der Waals surface area contributed by atoms with Crippen molar-refractivity contribution in [1.29, 1.82) is 0 Å². The van der Waals surface area contributed by atoms with E-state index in [9.17, 15) is 19.8 Å². The number of nitrogens with one attached hydrogen (secondary N) is 2. The summed E-state index contributed by atoms with van der Waals surface area (Å²) in [6, 6.07) is 24.2. The molecule has 48 heavy (non-hydrogen) atoms. The number of oxazole rings is 1. The molecule has 2 amide bonds. The molecule has 0 spiro atoms. The van der Waals surface area contributed by atoms with Gasteiger partial charge >= 0.3 is 0 Å². The minimum absolute atomic E-state index is 0.107. The molecule has 1 aliphatic heterocycles. The molecule has 0 saturated carbocycles. The molecule has 254 valence electrons. The fourth-order valence-corrected chi connectivity index (χ4v) is 6.99. The van der Waals surface area contributed by atoms with Gasteiger partial charge < -0.3 is 25.3 Å². The van der Waals surface area contributed by atoms with Crippen molar-refractivity contribution < 1.29 is 24.2 Å². The first-order valence-corrected chi connectivity index (χ1v) is 16.9. The summed E-state index contributed by atoms with van der Waals surface area (Å²) in [7, 11) is 0. The lowest BCUT2D eigenvalue weighted by Crippen LogP contribution is -2.62. The Morgan fingerprint density at radius 1 is 1.00 bits per heavy atom. The highest BCUT2D eigenvalue weighted by molar-refractivity contribution is 5.83. The van der Waals surface area contributed by atoms with Crippen LogP contribution in [0.3, 0.4) is 0 Å². The number of piperazine rings is 1. The summed E-state index contributed by atoms with van der Waals surface area (Å²) in [4.78, 5) is 36.3. The second-order valence-electron chi connectivity index (χ2n) is 14.3. The molecule has 6 rings (SSSR count). The van der Waals surface area contributed by atoms with E-state index in [-0.39, 0.29) is 24.8 Å². The highest BCUT2D eigenvalue weighted by Gasteiger charge is 2.37. The van der Waals surface area contributed by atoms with Crippen molar-refractivity contribution in [3.05, 3.63) is 101 Å². The number of hydrogen-bond acceptors (Lipinski definition) is 8. The van der Waals surface area contributed by atoms with Gasteiger partial charge in [-0.2, -0.15) is 0 Å². The van der Waals surface area contributed by atoms with Crippen LogP contribution in [0.5, 0.6) is 0 Å². The zero-order valence-electron chi connectivity index (χ0n) is 28.0. The van der Waals surface area contributed by atoms with E-state index in [0.29, 0.717) is 44.9 Å². The van der Waals surface area contributed by atoms with Crippen LogP contribution < -0.4 is 10.6 Å². The molecule has 10 nitrogen and oxygen atoms in total. The summed E-state index contributed by atoms with van der Waals surface area (Å²) >= 11 is 0. The van der Waals surface area contributed by atoms with E-state index >= 15 is 0 Å². The van der Waals surface area contributed by atoms with Crippen LogP contribution in [0.1, 0.15) is 55.8 Å². The maximum absolute atomic E-state index is 13.9. The van der Waals surface area contributed by atoms with Gasteiger partial charge in [-0.15, -0.1) is 0 Å². The van der Waals surface area contributed by atoms with Crippen molar-refractivity contribution in [2.24, 2.45) is 5.92 Å². The van der Waals surface area contributed by atoms with Crippen LogP contribution in [0.2, 0.25) is 0 Å². The molecule has 1 aromatic heterocycles. The van der Waals surface area contributed by atoms with Crippen LogP contribution in [0.15, 0.2) is 83.3 Å². The number of nitrogens with zero attached hydrogens (tertiary/aromatic N) is 3. The number of benzene rings is 3. The zero-order chi connectivity index (χ0) is 33.8. The normalized spacial score (nSPS) is 21.5. The number of hydrogen-bond donors (Lipinski definition) is 4. The van der Waals surface area contributed by atoms with Crippen LogP contribution in [-0.4, -0.2) is 86.8 Å². The average molecular weight is 654 g/mol. The molecule has 1 saturated heterocycles. The van der Waals surface area contributed by atoms with Gasteiger partial charge in [-0.3, -0.25) is 19.4 Å². The van der Waals surface area contributed by atoms with E-state index in [1.807, 2.05) is 105 Å². The predicted octanol–water partition coefficient (Wildman–Crippen LogP) is 3.61. The fraction of sp³-hybridized carbons (Fsp3) is 0.447. The van der Waals surface area contributed by atoms with Crippen LogP contribution in [0, 0.1) is 5.92 Å². The van der Waals surface area contributed by atoms with Crippen LogP contribution in [-0.2, 0) is 29.0 Å². The molecule has 10 heteroatoms. The van der Waals surface area contributed by atoms with Crippen LogP contribution in [0.4, 0.5) is 0 Å². The quantitative estimate of drug-likeness (QED) is 0.193. The Kier molecular flexibility index (Phi) is 10.3. The van der Waals surface area contributed by atoms with Gasteiger partial charge in [0.2, 0.25) is 17.7 Å². The number of rotatable bonds is 11. The van der Waals surface area contributed by atoms with Crippen molar-refractivity contribution >= 4 is 22.9 Å². The number of aliphatic hydroxyl groups excluding tert-OH is 2. The minimum atomic E-state index is -0.862. The molecule has 5 atom stereocenters. The molecule has 2 heterocycles.